The zero-order valence-electron chi connectivity index (χ0n) is 8.52. The van der Waals surface area contributed by atoms with Gasteiger partial charge >= 0.3 is 6.03 Å². The molecular weight excluding hydrogens is 198 g/mol. The SMILES string of the molecule is CN1C(=O)CC(=O)N([C@@H]2CCNC2)C1=O. The van der Waals surface area contributed by atoms with E-state index in [2.05, 4.69) is 5.32 Å². The highest BCUT2D eigenvalue weighted by molar-refractivity contribution is 6.14. The van der Waals surface area contributed by atoms with Crippen LogP contribution < -0.4 is 5.32 Å². The third-order valence-electron chi connectivity index (χ3n) is 2.84. The van der Waals surface area contributed by atoms with Gasteiger partial charge in [-0.3, -0.25) is 19.4 Å². The number of carbonyl (C=O) groups is 3. The fourth-order valence-electron chi connectivity index (χ4n) is 1.93. The average Bonchev–Trinajstić information content (AvgIpc) is 2.68. The first-order valence-electron chi connectivity index (χ1n) is 4.94. The zero-order chi connectivity index (χ0) is 11.0. The van der Waals surface area contributed by atoms with Crippen molar-refractivity contribution >= 4 is 17.8 Å². The number of rotatable bonds is 1. The van der Waals surface area contributed by atoms with E-state index < -0.39 is 11.9 Å². The molecule has 0 saturated carbocycles. The molecule has 0 unspecified atom stereocenters. The van der Waals surface area contributed by atoms with E-state index in [4.69, 9.17) is 0 Å². The summed E-state index contributed by atoms with van der Waals surface area (Å²) in [6.07, 6.45) is 0.568. The van der Waals surface area contributed by atoms with Gasteiger partial charge in [0, 0.05) is 13.6 Å². The second kappa shape index (κ2) is 3.62. The van der Waals surface area contributed by atoms with Crippen molar-refractivity contribution in [1.82, 2.24) is 15.1 Å². The van der Waals surface area contributed by atoms with Crippen LogP contribution in [0, 0.1) is 0 Å². The molecule has 2 aliphatic heterocycles. The standard InChI is InChI=1S/C9H13N3O3/c1-11-7(13)4-8(14)12(9(11)15)6-2-3-10-5-6/h6,10H,2-5H2,1H3/t6-/m1/s1. The normalized spacial score (nSPS) is 27.8. The fraction of sp³-hybridized carbons (Fsp3) is 0.667. The van der Waals surface area contributed by atoms with Crippen molar-refractivity contribution in [2.75, 3.05) is 20.1 Å². The number of nitrogens with zero attached hydrogens (tertiary/aromatic N) is 2. The van der Waals surface area contributed by atoms with Crippen LogP contribution in [0.2, 0.25) is 0 Å². The maximum absolute atomic E-state index is 11.7. The minimum absolute atomic E-state index is 0.0967. The second-order valence-electron chi connectivity index (χ2n) is 3.82. The minimum atomic E-state index is -0.495. The Bertz CT molecular complexity index is 323. The molecule has 0 aromatic heterocycles. The number of urea groups is 1. The molecule has 4 amide bonds. The molecule has 0 bridgehead atoms. The third kappa shape index (κ3) is 1.61. The van der Waals surface area contributed by atoms with E-state index in [0.29, 0.717) is 6.54 Å². The Balaban J connectivity index is 2.19. The molecule has 2 fully saturated rings. The zero-order valence-corrected chi connectivity index (χ0v) is 8.52. The Morgan fingerprint density at radius 3 is 2.60 bits per heavy atom. The third-order valence-corrected chi connectivity index (χ3v) is 2.84. The van der Waals surface area contributed by atoms with Crippen molar-refractivity contribution in [3.05, 3.63) is 0 Å². The van der Waals surface area contributed by atoms with Crippen molar-refractivity contribution < 1.29 is 14.4 Å². The van der Waals surface area contributed by atoms with Crippen molar-refractivity contribution in [3.8, 4) is 0 Å². The quantitative estimate of drug-likeness (QED) is 0.574. The van der Waals surface area contributed by atoms with E-state index in [1.165, 1.54) is 11.9 Å². The van der Waals surface area contributed by atoms with Crippen molar-refractivity contribution in [1.29, 1.82) is 0 Å². The maximum atomic E-state index is 11.7. The summed E-state index contributed by atoms with van der Waals surface area (Å²) >= 11 is 0. The average molecular weight is 211 g/mol. The van der Waals surface area contributed by atoms with Gasteiger partial charge in [0.1, 0.15) is 6.42 Å². The Labute approximate surface area is 87.2 Å². The molecule has 0 spiro atoms. The van der Waals surface area contributed by atoms with Gasteiger partial charge in [0.2, 0.25) is 11.8 Å². The predicted octanol–water partition coefficient (Wildman–Crippen LogP) is -0.841. The number of barbiturate groups is 1. The lowest BCUT2D eigenvalue weighted by Gasteiger charge is -2.33. The van der Waals surface area contributed by atoms with E-state index in [9.17, 15) is 14.4 Å². The highest BCUT2D eigenvalue weighted by Crippen LogP contribution is 2.17. The van der Waals surface area contributed by atoms with E-state index in [1.54, 1.807) is 0 Å². The molecule has 2 saturated heterocycles. The molecule has 82 valence electrons. The fourth-order valence-corrected chi connectivity index (χ4v) is 1.93. The van der Waals surface area contributed by atoms with Gasteiger partial charge in [-0.15, -0.1) is 0 Å². The maximum Gasteiger partial charge on any atom is 0.333 e. The van der Waals surface area contributed by atoms with Crippen LogP contribution >= 0.6 is 0 Å². The molecule has 0 aromatic carbocycles. The molecule has 0 radical (unpaired) electrons. The van der Waals surface area contributed by atoms with Gasteiger partial charge in [-0.05, 0) is 13.0 Å². The summed E-state index contributed by atoms with van der Waals surface area (Å²) in [5.74, 6) is -0.802. The monoisotopic (exact) mass is 211 g/mol. The first-order chi connectivity index (χ1) is 7.11. The number of nitrogens with one attached hydrogen (secondary N) is 1. The first kappa shape index (κ1) is 10.1. The minimum Gasteiger partial charge on any atom is -0.315 e. The van der Waals surface area contributed by atoms with E-state index >= 15 is 0 Å². The van der Waals surface area contributed by atoms with Gasteiger partial charge in [-0.1, -0.05) is 0 Å². The van der Waals surface area contributed by atoms with Crippen LogP contribution in [0.1, 0.15) is 12.8 Å². The van der Waals surface area contributed by atoms with Crippen molar-refractivity contribution in [2.24, 2.45) is 0 Å². The molecule has 1 N–H and O–H groups in total. The summed E-state index contributed by atoms with van der Waals surface area (Å²) < 4.78 is 0. The Kier molecular flexibility index (Phi) is 2.44. The molecule has 6 heteroatoms. The van der Waals surface area contributed by atoms with Crippen LogP contribution in [0.15, 0.2) is 0 Å². The summed E-state index contributed by atoms with van der Waals surface area (Å²) in [5, 5.41) is 3.09. The number of hydrogen-bond acceptors (Lipinski definition) is 4. The van der Waals surface area contributed by atoms with E-state index in [-0.39, 0.29) is 18.4 Å². The molecule has 2 heterocycles. The lowest BCUT2D eigenvalue weighted by atomic mass is 10.1. The Morgan fingerprint density at radius 2 is 2.00 bits per heavy atom. The van der Waals surface area contributed by atoms with Crippen molar-refractivity contribution in [2.45, 2.75) is 18.9 Å². The topological polar surface area (TPSA) is 69.7 Å². The largest absolute Gasteiger partial charge is 0.333 e. The van der Waals surface area contributed by atoms with Gasteiger partial charge in [0.15, 0.2) is 0 Å². The van der Waals surface area contributed by atoms with Crippen molar-refractivity contribution in [3.63, 3.8) is 0 Å². The van der Waals surface area contributed by atoms with Crippen LogP contribution in [-0.2, 0) is 9.59 Å². The van der Waals surface area contributed by atoms with E-state index in [0.717, 1.165) is 17.9 Å². The Morgan fingerprint density at radius 1 is 1.27 bits per heavy atom. The lowest BCUT2D eigenvalue weighted by Crippen LogP contribution is -2.57. The van der Waals surface area contributed by atoms with Gasteiger partial charge < -0.3 is 5.32 Å². The Hall–Kier alpha value is -1.43. The molecule has 15 heavy (non-hydrogen) atoms. The first-order valence-corrected chi connectivity index (χ1v) is 4.94. The molecular formula is C9H13N3O3. The lowest BCUT2D eigenvalue weighted by molar-refractivity contribution is -0.142. The summed E-state index contributed by atoms with van der Waals surface area (Å²) in [6.45, 7) is 1.43. The summed E-state index contributed by atoms with van der Waals surface area (Å²) in [7, 11) is 1.41. The smallest absolute Gasteiger partial charge is 0.315 e. The highest BCUT2D eigenvalue weighted by atomic mass is 16.2. The molecule has 2 rings (SSSR count). The van der Waals surface area contributed by atoms with Gasteiger partial charge in [-0.2, -0.15) is 0 Å². The van der Waals surface area contributed by atoms with Crippen LogP contribution in [0.3, 0.4) is 0 Å². The number of amides is 4. The molecule has 1 atom stereocenters. The van der Waals surface area contributed by atoms with Crippen LogP contribution in [-0.4, -0.2) is 53.8 Å². The predicted molar refractivity (Wildman–Crippen MR) is 50.9 cm³/mol. The number of carbonyl (C=O) groups excluding carboxylic acids is 3. The number of imide groups is 2. The van der Waals surface area contributed by atoms with Crippen LogP contribution in [0.25, 0.3) is 0 Å². The summed E-state index contributed by atoms with van der Waals surface area (Å²) in [4.78, 5) is 36.7. The summed E-state index contributed by atoms with van der Waals surface area (Å²) in [5.41, 5.74) is 0. The van der Waals surface area contributed by atoms with Crippen LogP contribution in [0.5, 0.6) is 0 Å². The van der Waals surface area contributed by atoms with E-state index in [1.807, 2.05) is 0 Å². The molecule has 0 aliphatic carbocycles. The summed E-state index contributed by atoms with van der Waals surface area (Å²) in [6, 6.07) is -0.592. The molecule has 2 aliphatic rings. The number of hydrogen-bond donors (Lipinski definition) is 1. The second-order valence-corrected chi connectivity index (χ2v) is 3.82. The van der Waals surface area contributed by atoms with Crippen LogP contribution in [0.4, 0.5) is 4.79 Å². The molecule has 6 nitrogen and oxygen atoms in total. The van der Waals surface area contributed by atoms with Gasteiger partial charge in [0.05, 0.1) is 6.04 Å². The highest BCUT2D eigenvalue weighted by Gasteiger charge is 2.40. The molecule has 0 aromatic rings. The van der Waals surface area contributed by atoms with Gasteiger partial charge in [0.25, 0.3) is 0 Å². The van der Waals surface area contributed by atoms with Gasteiger partial charge in [-0.25, -0.2) is 4.79 Å².